The molecule has 0 unspecified atom stereocenters. The number of amidine groups is 1. The third-order valence-electron chi connectivity index (χ3n) is 4.75. The molecule has 1 atom stereocenters. The lowest BCUT2D eigenvalue weighted by molar-refractivity contribution is -0.128. The molecule has 0 aromatic heterocycles. The molecule has 0 radical (unpaired) electrons. The van der Waals surface area contributed by atoms with Crippen molar-refractivity contribution < 1.29 is 14.0 Å². The summed E-state index contributed by atoms with van der Waals surface area (Å²) in [6.07, 6.45) is -0.000145. The van der Waals surface area contributed by atoms with Crippen LogP contribution >= 0.6 is 23.4 Å². The van der Waals surface area contributed by atoms with E-state index in [9.17, 15) is 14.0 Å². The Kier molecular flexibility index (Phi) is 6.87. The van der Waals surface area contributed by atoms with Crippen molar-refractivity contribution in [1.29, 1.82) is 0 Å². The number of carbonyl (C=O) groups is 2. The first kappa shape index (κ1) is 22.0. The molecule has 1 aliphatic rings. The molecule has 0 bridgehead atoms. The van der Waals surface area contributed by atoms with Crippen LogP contribution < -0.4 is 5.32 Å². The van der Waals surface area contributed by atoms with Gasteiger partial charge in [-0.2, -0.15) is 0 Å². The van der Waals surface area contributed by atoms with E-state index in [0.717, 1.165) is 5.56 Å². The van der Waals surface area contributed by atoms with Crippen LogP contribution in [0.25, 0.3) is 0 Å². The van der Waals surface area contributed by atoms with Gasteiger partial charge in [-0.05, 0) is 54.1 Å². The molecule has 162 valence electrons. The van der Waals surface area contributed by atoms with E-state index >= 15 is 0 Å². The van der Waals surface area contributed by atoms with E-state index in [2.05, 4.69) is 10.3 Å². The third kappa shape index (κ3) is 5.55. The summed E-state index contributed by atoms with van der Waals surface area (Å²) >= 11 is 7.12. The number of hydrogen-bond donors (Lipinski definition) is 1. The van der Waals surface area contributed by atoms with E-state index < -0.39 is 5.25 Å². The Morgan fingerprint density at radius 3 is 2.41 bits per heavy atom. The van der Waals surface area contributed by atoms with Gasteiger partial charge < -0.3 is 5.32 Å². The first-order valence-corrected chi connectivity index (χ1v) is 11.2. The van der Waals surface area contributed by atoms with Gasteiger partial charge in [-0.1, -0.05) is 53.7 Å². The van der Waals surface area contributed by atoms with Crippen LogP contribution in [0.5, 0.6) is 0 Å². The fourth-order valence-electron chi connectivity index (χ4n) is 3.18. The van der Waals surface area contributed by atoms with E-state index in [4.69, 9.17) is 11.6 Å². The van der Waals surface area contributed by atoms with Gasteiger partial charge in [0.25, 0.3) is 0 Å². The lowest BCUT2D eigenvalue weighted by Crippen LogP contribution is -2.33. The summed E-state index contributed by atoms with van der Waals surface area (Å²) < 4.78 is 13.3. The minimum Gasteiger partial charge on any atom is -0.326 e. The van der Waals surface area contributed by atoms with Gasteiger partial charge in [-0.25, -0.2) is 9.38 Å². The molecule has 1 heterocycles. The number of hydrogen-bond acceptors (Lipinski definition) is 4. The lowest BCUT2D eigenvalue weighted by atomic mass is 10.2. The van der Waals surface area contributed by atoms with Crippen molar-refractivity contribution in [2.45, 2.75) is 18.2 Å². The topological polar surface area (TPSA) is 61.8 Å². The monoisotopic (exact) mass is 467 g/mol. The van der Waals surface area contributed by atoms with Crippen LogP contribution in [0, 0.1) is 5.82 Å². The number of thioether (sulfide) groups is 1. The predicted octanol–water partition coefficient (Wildman–Crippen LogP) is 5.64. The van der Waals surface area contributed by atoms with Crippen molar-refractivity contribution in [1.82, 2.24) is 4.90 Å². The Labute approximate surface area is 194 Å². The van der Waals surface area contributed by atoms with Gasteiger partial charge in [0, 0.05) is 17.1 Å². The average molecular weight is 468 g/mol. The standard InChI is InChI=1S/C24H19ClFN3O2S/c25-17-6-10-19(11-7-17)27-22(30)14-21-23(31)29(15-16-4-2-1-3-5-16)24(32-21)28-20-12-8-18(26)9-13-20/h1-13,21H,14-15H2,(H,27,30)/t21-/m0/s1. The van der Waals surface area contributed by atoms with Crippen LogP contribution in [0.3, 0.4) is 0 Å². The SMILES string of the molecule is O=C(C[C@@H]1SC(=Nc2ccc(F)cc2)N(Cc2ccccc2)C1=O)Nc1ccc(Cl)cc1. The predicted molar refractivity (Wildman–Crippen MR) is 127 cm³/mol. The summed E-state index contributed by atoms with van der Waals surface area (Å²) in [7, 11) is 0. The first-order chi connectivity index (χ1) is 15.5. The summed E-state index contributed by atoms with van der Waals surface area (Å²) in [5.74, 6) is -0.825. The maximum atomic E-state index is 13.3. The van der Waals surface area contributed by atoms with E-state index in [1.165, 1.54) is 23.9 Å². The van der Waals surface area contributed by atoms with Gasteiger partial charge in [0.05, 0.1) is 12.2 Å². The molecule has 3 aromatic carbocycles. The molecule has 32 heavy (non-hydrogen) atoms. The van der Waals surface area contributed by atoms with Crippen molar-refractivity contribution in [3.05, 3.63) is 95.3 Å². The highest BCUT2D eigenvalue weighted by molar-refractivity contribution is 8.15. The minimum absolute atomic E-state index is 0.000145. The van der Waals surface area contributed by atoms with Gasteiger partial charge in [-0.3, -0.25) is 14.5 Å². The number of amides is 2. The maximum Gasteiger partial charge on any atom is 0.242 e. The minimum atomic E-state index is -0.606. The fraction of sp³-hybridized carbons (Fsp3) is 0.125. The molecule has 5 nitrogen and oxygen atoms in total. The number of benzene rings is 3. The molecule has 2 amide bonds. The zero-order valence-corrected chi connectivity index (χ0v) is 18.4. The number of anilines is 1. The Morgan fingerprint density at radius 1 is 1.03 bits per heavy atom. The Morgan fingerprint density at radius 2 is 1.72 bits per heavy atom. The largest absolute Gasteiger partial charge is 0.326 e. The molecule has 1 aliphatic heterocycles. The van der Waals surface area contributed by atoms with Gasteiger partial charge in [0.15, 0.2) is 5.17 Å². The summed E-state index contributed by atoms with van der Waals surface area (Å²) in [6, 6.07) is 22.1. The van der Waals surface area contributed by atoms with Crippen molar-refractivity contribution in [2.24, 2.45) is 4.99 Å². The van der Waals surface area contributed by atoms with Crippen LogP contribution in [-0.2, 0) is 16.1 Å². The first-order valence-electron chi connectivity index (χ1n) is 9.89. The summed E-state index contributed by atoms with van der Waals surface area (Å²) in [5, 5.41) is 3.24. The molecule has 1 N–H and O–H groups in total. The fourth-order valence-corrected chi connectivity index (χ4v) is 4.46. The summed E-state index contributed by atoms with van der Waals surface area (Å²) in [5.41, 5.74) is 2.08. The highest BCUT2D eigenvalue weighted by Crippen LogP contribution is 2.33. The second-order valence-electron chi connectivity index (χ2n) is 7.15. The Balaban J connectivity index is 1.53. The molecular weight excluding hydrogens is 449 g/mol. The number of carbonyl (C=O) groups excluding carboxylic acids is 2. The zero-order valence-electron chi connectivity index (χ0n) is 16.9. The number of nitrogens with one attached hydrogen (secondary N) is 1. The Hall–Kier alpha value is -3.16. The maximum absolute atomic E-state index is 13.3. The van der Waals surface area contributed by atoms with Crippen LogP contribution in [-0.4, -0.2) is 27.1 Å². The van der Waals surface area contributed by atoms with Crippen LogP contribution in [0.15, 0.2) is 83.9 Å². The number of rotatable bonds is 6. The molecule has 0 aliphatic carbocycles. The molecule has 8 heteroatoms. The molecular formula is C24H19ClFN3O2S. The highest BCUT2D eigenvalue weighted by Gasteiger charge is 2.39. The van der Waals surface area contributed by atoms with Crippen LogP contribution in [0.2, 0.25) is 5.02 Å². The highest BCUT2D eigenvalue weighted by atomic mass is 35.5. The van der Waals surface area contributed by atoms with Crippen LogP contribution in [0.1, 0.15) is 12.0 Å². The van der Waals surface area contributed by atoms with Crippen molar-refractivity contribution in [2.75, 3.05) is 5.32 Å². The summed E-state index contributed by atoms with van der Waals surface area (Å²) in [4.78, 5) is 31.8. The molecule has 3 aromatic rings. The second kappa shape index (κ2) is 9.97. The van der Waals surface area contributed by atoms with Gasteiger partial charge in [0.1, 0.15) is 11.1 Å². The van der Waals surface area contributed by atoms with Gasteiger partial charge in [0.2, 0.25) is 11.8 Å². The molecule has 1 saturated heterocycles. The average Bonchev–Trinajstić information content (AvgIpc) is 3.06. The molecule has 4 rings (SSSR count). The quantitative estimate of drug-likeness (QED) is 0.510. The van der Waals surface area contributed by atoms with E-state index in [0.29, 0.717) is 28.1 Å². The van der Waals surface area contributed by atoms with Gasteiger partial charge in [-0.15, -0.1) is 0 Å². The van der Waals surface area contributed by atoms with Crippen molar-refractivity contribution >= 4 is 51.7 Å². The number of halogens is 2. The number of aliphatic imine (C=N–C) groups is 1. The van der Waals surface area contributed by atoms with Crippen LogP contribution in [0.4, 0.5) is 15.8 Å². The molecule has 0 spiro atoms. The van der Waals surface area contributed by atoms with E-state index in [1.54, 1.807) is 41.3 Å². The Bertz CT molecular complexity index is 1140. The summed E-state index contributed by atoms with van der Waals surface area (Å²) in [6.45, 7) is 0.335. The third-order valence-corrected chi connectivity index (χ3v) is 6.18. The number of nitrogens with zero attached hydrogens (tertiary/aromatic N) is 2. The second-order valence-corrected chi connectivity index (χ2v) is 8.75. The smallest absolute Gasteiger partial charge is 0.242 e. The lowest BCUT2D eigenvalue weighted by Gasteiger charge is -2.16. The molecule has 0 saturated carbocycles. The van der Waals surface area contributed by atoms with Crippen molar-refractivity contribution in [3.63, 3.8) is 0 Å². The van der Waals surface area contributed by atoms with E-state index in [-0.39, 0.29) is 24.1 Å². The normalized spacial score (nSPS) is 17.1. The van der Waals surface area contributed by atoms with Crippen molar-refractivity contribution in [3.8, 4) is 0 Å². The molecule has 1 fully saturated rings. The van der Waals surface area contributed by atoms with E-state index in [1.807, 2.05) is 30.3 Å². The van der Waals surface area contributed by atoms with Gasteiger partial charge >= 0.3 is 0 Å². The zero-order chi connectivity index (χ0) is 22.5.